The van der Waals surface area contributed by atoms with E-state index in [4.69, 9.17) is 9.47 Å². The number of piperidine rings is 2. The number of likely N-dealkylation sites (tertiary alicyclic amines) is 1. The van der Waals surface area contributed by atoms with E-state index in [9.17, 15) is 23.9 Å². The molecular formula is C47H50FN5O6S. The number of hydrogen-bond donors (Lipinski definition) is 2. The van der Waals surface area contributed by atoms with E-state index in [0.29, 0.717) is 42.6 Å². The van der Waals surface area contributed by atoms with Crippen molar-refractivity contribution in [1.82, 2.24) is 24.9 Å². The summed E-state index contributed by atoms with van der Waals surface area (Å²) in [7, 11) is 0. The Morgan fingerprint density at radius 1 is 0.767 bits per heavy atom. The number of amides is 3. The normalized spacial score (nSPS) is 19.5. The van der Waals surface area contributed by atoms with Crippen molar-refractivity contribution >= 4 is 39.1 Å². The first-order valence-corrected chi connectivity index (χ1v) is 21.9. The monoisotopic (exact) mass is 831 g/mol. The van der Waals surface area contributed by atoms with Gasteiger partial charge in [-0.05, 0) is 135 Å². The molecule has 1 atom stereocenters. The van der Waals surface area contributed by atoms with Crippen molar-refractivity contribution in [3.63, 3.8) is 0 Å². The molecule has 4 aliphatic heterocycles. The van der Waals surface area contributed by atoms with Gasteiger partial charge >= 0.3 is 0 Å². The largest absolute Gasteiger partial charge is 0.508 e. The Kier molecular flexibility index (Phi) is 11.8. The number of ether oxygens (including phenoxy) is 2. The molecule has 0 bridgehead atoms. The van der Waals surface area contributed by atoms with Crippen LogP contribution in [-0.2, 0) is 16.1 Å². The number of phenolic OH excluding ortho intramolecular Hbond substituents is 1. The zero-order valence-electron chi connectivity index (χ0n) is 33.6. The topological polar surface area (TPSA) is 115 Å². The fourth-order valence-electron chi connectivity index (χ4n) is 9.06. The van der Waals surface area contributed by atoms with Crippen LogP contribution < -0.4 is 14.8 Å². The Bertz CT molecular complexity index is 2350. The molecule has 5 heterocycles. The molecule has 4 aromatic carbocycles. The van der Waals surface area contributed by atoms with Crippen LogP contribution in [0.25, 0.3) is 20.5 Å². The number of carbonyl (C=O) groups is 3. The lowest BCUT2D eigenvalue weighted by Crippen LogP contribution is -2.52. The molecule has 0 spiro atoms. The van der Waals surface area contributed by atoms with Crippen LogP contribution in [0.4, 0.5) is 4.39 Å². The maximum absolute atomic E-state index is 13.7. The van der Waals surface area contributed by atoms with Crippen molar-refractivity contribution in [3.8, 4) is 33.4 Å². The Morgan fingerprint density at radius 3 is 2.20 bits per heavy atom. The average molecular weight is 832 g/mol. The summed E-state index contributed by atoms with van der Waals surface area (Å²) in [6, 6.07) is 24.8. The van der Waals surface area contributed by atoms with Crippen LogP contribution in [-0.4, -0.2) is 114 Å². The lowest BCUT2D eigenvalue weighted by Gasteiger charge is -2.36. The summed E-state index contributed by atoms with van der Waals surface area (Å²) in [5.74, 6) is 1.72. The lowest BCUT2D eigenvalue weighted by atomic mass is 9.88. The molecule has 3 saturated heterocycles. The number of thiophene rings is 1. The van der Waals surface area contributed by atoms with Gasteiger partial charge < -0.3 is 29.3 Å². The maximum atomic E-state index is 13.7. The highest BCUT2D eigenvalue weighted by Crippen LogP contribution is 2.47. The third kappa shape index (κ3) is 8.90. The Morgan fingerprint density at radius 2 is 1.47 bits per heavy atom. The van der Waals surface area contributed by atoms with Gasteiger partial charge in [-0.15, -0.1) is 11.3 Å². The highest BCUT2D eigenvalue weighted by atomic mass is 32.1. The molecule has 1 aromatic heterocycles. The van der Waals surface area contributed by atoms with Gasteiger partial charge in [0.1, 0.15) is 35.7 Å². The summed E-state index contributed by atoms with van der Waals surface area (Å²) < 4.78 is 27.1. The highest BCUT2D eigenvalue weighted by molar-refractivity contribution is 7.22. The van der Waals surface area contributed by atoms with Crippen LogP contribution in [0.15, 0.2) is 84.9 Å². The van der Waals surface area contributed by atoms with E-state index >= 15 is 0 Å². The van der Waals surface area contributed by atoms with Crippen LogP contribution in [0, 0.1) is 5.82 Å². The maximum Gasteiger partial charge on any atom is 0.255 e. The minimum Gasteiger partial charge on any atom is -0.508 e. The number of halogens is 1. The molecular weight excluding hydrogens is 782 g/mol. The van der Waals surface area contributed by atoms with E-state index in [0.717, 1.165) is 110 Å². The second-order valence-corrected chi connectivity index (χ2v) is 17.4. The third-order valence-corrected chi connectivity index (χ3v) is 13.7. The van der Waals surface area contributed by atoms with Crippen LogP contribution in [0.5, 0.6) is 23.0 Å². The first kappa shape index (κ1) is 40.1. The van der Waals surface area contributed by atoms with Crippen molar-refractivity contribution in [2.24, 2.45) is 0 Å². The molecule has 2 N–H and O–H groups in total. The van der Waals surface area contributed by atoms with Crippen LogP contribution in [0.1, 0.15) is 59.5 Å². The van der Waals surface area contributed by atoms with Crippen molar-refractivity contribution in [2.75, 3.05) is 65.5 Å². The number of aromatic hydroxyl groups is 1. The first-order valence-electron chi connectivity index (χ1n) is 21.1. The molecule has 312 valence electrons. The number of imide groups is 1. The molecule has 0 saturated carbocycles. The summed E-state index contributed by atoms with van der Waals surface area (Å²) in [5, 5.41) is 13.3. The molecule has 3 amide bonds. The number of fused-ring (bicyclic) bond motifs is 2. The van der Waals surface area contributed by atoms with Crippen molar-refractivity contribution in [3.05, 3.63) is 107 Å². The molecule has 3 fully saturated rings. The van der Waals surface area contributed by atoms with E-state index in [1.54, 1.807) is 29.2 Å². The SMILES string of the molecule is O=C1CCC(N2Cc3cc(C4CCN(CCCN5CCN(CCOc6ccc(Oc7c(-c8ccc(F)cc8)sc8cc(O)ccc78)cc6)CC5)CC4)ccc3C2=O)C(=O)N1. The smallest absolute Gasteiger partial charge is 0.255 e. The number of rotatable bonds is 13. The quantitative estimate of drug-likeness (QED) is 0.119. The van der Waals surface area contributed by atoms with Gasteiger partial charge in [-0.25, -0.2) is 4.39 Å². The number of piperazine rings is 1. The Labute approximate surface area is 353 Å². The first-order chi connectivity index (χ1) is 29.2. The summed E-state index contributed by atoms with van der Waals surface area (Å²) in [4.78, 5) is 47.3. The fourth-order valence-corrected chi connectivity index (χ4v) is 10.2. The third-order valence-electron chi connectivity index (χ3n) is 12.5. The van der Waals surface area contributed by atoms with Gasteiger partial charge in [-0.1, -0.05) is 24.3 Å². The zero-order valence-corrected chi connectivity index (χ0v) is 34.4. The fraction of sp³-hybridized carbons (Fsp3) is 0.383. The Balaban J connectivity index is 0.673. The number of benzene rings is 4. The van der Waals surface area contributed by atoms with E-state index in [2.05, 4.69) is 32.1 Å². The number of nitrogens with zero attached hydrogens (tertiary/aromatic N) is 4. The van der Waals surface area contributed by atoms with Gasteiger partial charge in [0.05, 0.1) is 4.88 Å². The minimum absolute atomic E-state index is 0.115. The lowest BCUT2D eigenvalue weighted by molar-refractivity contribution is -0.136. The predicted molar refractivity (Wildman–Crippen MR) is 229 cm³/mol. The second-order valence-electron chi connectivity index (χ2n) is 16.3. The molecule has 4 aliphatic rings. The number of nitrogens with one attached hydrogen (secondary N) is 1. The van der Waals surface area contributed by atoms with Crippen molar-refractivity contribution < 1.29 is 33.4 Å². The van der Waals surface area contributed by atoms with Crippen LogP contribution in [0.3, 0.4) is 0 Å². The summed E-state index contributed by atoms with van der Waals surface area (Å²) in [5.41, 5.74) is 3.79. The molecule has 0 radical (unpaired) electrons. The van der Waals surface area contributed by atoms with E-state index < -0.39 is 6.04 Å². The summed E-state index contributed by atoms with van der Waals surface area (Å²) in [6.45, 7) is 10.4. The van der Waals surface area contributed by atoms with Gasteiger partial charge in [0.2, 0.25) is 11.8 Å². The number of hydrogen-bond acceptors (Lipinski definition) is 10. The minimum atomic E-state index is -0.581. The van der Waals surface area contributed by atoms with E-state index in [1.165, 1.54) is 29.0 Å². The highest BCUT2D eigenvalue weighted by Gasteiger charge is 2.39. The average Bonchev–Trinajstić information content (AvgIpc) is 3.78. The van der Waals surface area contributed by atoms with Gasteiger partial charge in [-0.2, -0.15) is 0 Å². The molecule has 0 aliphatic carbocycles. The van der Waals surface area contributed by atoms with E-state index in [-0.39, 0.29) is 35.7 Å². The van der Waals surface area contributed by atoms with E-state index in [1.807, 2.05) is 36.4 Å². The summed E-state index contributed by atoms with van der Waals surface area (Å²) >= 11 is 1.50. The number of carbonyl (C=O) groups excluding carboxylic acids is 3. The van der Waals surface area contributed by atoms with Crippen molar-refractivity contribution in [2.45, 2.75) is 50.6 Å². The number of phenols is 1. The second kappa shape index (κ2) is 17.7. The molecule has 1 unspecified atom stereocenters. The molecule has 11 nitrogen and oxygen atoms in total. The zero-order chi connectivity index (χ0) is 41.2. The van der Waals surface area contributed by atoms with Gasteiger partial charge in [0.15, 0.2) is 5.75 Å². The predicted octanol–water partition coefficient (Wildman–Crippen LogP) is 7.23. The van der Waals surface area contributed by atoms with Crippen molar-refractivity contribution in [1.29, 1.82) is 0 Å². The standard InChI is InChI=1S/C47H50FN5O6S/c48-35-5-2-32(3-6-35)45-44(40-13-7-36(54)29-42(40)60-45)59-38-10-8-37(9-11-38)58-27-26-52-24-22-51(23-25-52)19-1-18-50-20-16-31(17-21-50)33-4-12-39-34(28-33)30-53(47(39)57)41-14-15-43(55)49-46(41)56/h2-13,28-29,31,41,54H,1,14-27,30H2,(H,49,55,56). The Hall–Kier alpha value is -5.34. The van der Waals surface area contributed by atoms with Crippen LogP contribution in [0.2, 0.25) is 0 Å². The molecule has 5 aromatic rings. The van der Waals surface area contributed by atoms with Crippen LogP contribution >= 0.6 is 11.3 Å². The molecule has 9 rings (SSSR count). The molecule has 13 heteroatoms. The molecule has 60 heavy (non-hydrogen) atoms. The van der Waals surface area contributed by atoms with Gasteiger partial charge in [0.25, 0.3) is 5.91 Å². The summed E-state index contributed by atoms with van der Waals surface area (Å²) in [6.07, 6.45) is 4.00. The van der Waals surface area contributed by atoms with Gasteiger partial charge in [-0.3, -0.25) is 24.6 Å². The van der Waals surface area contributed by atoms with Gasteiger partial charge in [0, 0.05) is 61.3 Å².